The third-order valence-electron chi connectivity index (χ3n) is 9.00. The molecule has 1 heterocycles. The highest BCUT2D eigenvalue weighted by Gasteiger charge is 2.24. The number of hydrogen-bond acceptors (Lipinski definition) is 7. The van der Waals surface area contributed by atoms with Crippen LogP contribution in [0.4, 0.5) is 0 Å². The highest BCUT2D eigenvalue weighted by Crippen LogP contribution is 2.39. The van der Waals surface area contributed by atoms with Gasteiger partial charge in [-0.2, -0.15) is 0 Å². The average Bonchev–Trinajstić information content (AvgIpc) is 3.63. The van der Waals surface area contributed by atoms with E-state index in [1.165, 1.54) is 0 Å². The number of aromatic nitrogens is 2. The van der Waals surface area contributed by atoms with Crippen molar-refractivity contribution in [2.45, 2.75) is 13.5 Å². The molecule has 8 nitrogen and oxygen atoms in total. The number of allylic oxidation sites excluding steroid dienone is 4. The Hall–Kier alpha value is -6.35. The van der Waals surface area contributed by atoms with Crippen molar-refractivity contribution in [2.24, 2.45) is 0 Å². The molecule has 0 amide bonds. The van der Waals surface area contributed by atoms with Crippen LogP contribution in [-0.2, 0) is 11.3 Å². The third kappa shape index (κ3) is 10.1. The Bertz CT molecular complexity index is 2390. The molecule has 2 N–H and O–H groups in total. The third-order valence-corrected chi connectivity index (χ3v) is 9.70. The van der Waals surface area contributed by atoms with Crippen LogP contribution in [0.15, 0.2) is 152 Å². The normalized spacial score (nSPS) is 11.2. The number of ether oxygens (including phenoxy) is 4. The number of hydrogen-bond donors (Lipinski definition) is 2. The van der Waals surface area contributed by atoms with E-state index in [4.69, 9.17) is 58.0 Å². The second-order valence-corrected chi connectivity index (χ2v) is 13.2. The van der Waals surface area contributed by atoms with Crippen molar-refractivity contribution in [1.29, 1.82) is 10.8 Å². The lowest BCUT2D eigenvalue weighted by atomic mass is 10.00. The minimum absolute atomic E-state index is 0.150. The number of nitrogens with one attached hydrogen (secondary N) is 2. The van der Waals surface area contributed by atoms with Crippen LogP contribution >= 0.6 is 23.2 Å². The molecule has 0 bridgehead atoms. The molecule has 0 spiro atoms. The van der Waals surface area contributed by atoms with Crippen molar-refractivity contribution in [3.8, 4) is 39.9 Å². The van der Waals surface area contributed by atoms with Crippen LogP contribution in [0.1, 0.15) is 29.3 Å². The van der Waals surface area contributed by atoms with Gasteiger partial charge < -0.3 is 23.5 Å². The summed E-state index contributed by atoms with van der Waals surface area (Å²) in [6.07, 6.45) is 5.66. The van der Waals surface area contributed by atoms with Gasteiger partial charge in [-0.25, -0.2) is 4.98 Å². The van der Waals surface area contributed by atoms with Crippen molar-refractivity contribution in [1.82, 2.24) is 9.55 Å². The molecular formula is C47H44Cl2N4O4. The number of nitrogens with zero attached hydrogens (tertiary/aromatic N) is 2. The Balaban J connectivity index is 0.000000261. The molecule has 0 radical (unpaired) electrons. The van der Waals surface area contributed by atoms with Crippen LogP contribution in [0, 0.1) is 10.8 Å². The molecular weight excluding hydrogens is 755 g/mol. The molecule has 0 atom stereocenters. The first-order valence-electron chi connectivity index (χ1n) is 17.9. The van der Waals surface area contributed by atoms with Gasteiger partial charge in [-0.1, -0.05) is 103 Å². The Morgan fingerprint density at radius 1 is 0.702 bits per heavy atom. The van der Waals surface area contributed by atoms with Gasteiger partial charge in [0.25, 0.3) is 0 Å². The summed E-state index contributed by atoms with van der Waals surface area (Å²) in [5.74, 6) is 3.44. The van der Waals surface area contributed by atoms with Gasteiger partial charge in [0, 0.05) is 27.3 Å². The zero-order chi connectivity index (χ0) is 40.9. The largest absolute Gasteiger partial charge is 0.497 e. The van der Waals surface area contributed by atoms with Crippen molar-refractivity contribution >= 4 is 40.2 Å². The molecule has 6 aromatic rings. The first kappa shape index (κ1) is 41.8. The lowest BCUT2D eigenvalue weighted by Crippen LogP contribution is -2.14. The van der Waals surface area contributed by atoms with Gasteiger partial charge >= 0.3 is 0 Å². The quantitative estimate of drug-likeness (QED) is 0.0649. The smallest absolute Gasteiger partial charge is 0.142 e. The first-order chi connectivity index (χ1) is 27.6. The molecule has 290 valence electrons. The Morgan fingerprint density at radius 2 is 1.25 bits per heavy atom. The predicted molar refractivity (Wildman–Crippen MR) is 234 cm³/mol. The maximum atomic E-state index is 8.15. The SMILES string of the molecule is C=C/C(=C\C(=C/C)c1c(-c2cccc(OC)c2)nc(-c2ccccc2Cl)n1Cc1ccccc1Cl)OC.COc1cccc(C(=N)C(=N)c2cccc(OC)c2)c1. The molecule has 1 aromatic heterocycles. The molecule has 0 aliphatic rings. The Labute approximate surface area is 344 Å². The molecule has 10 heteroatoms. The summed E-state index contributed by atoms with van der Waals surface area (Å²) in [6.45, 7) is 6.35. The van der Waals surface area contributed by atoms with E-state index in [1.54, 1.807) is 58.8 Å². The predicted octanol–water partition coefficient (Wildman–Crippen LogP) is 11.8. The lowest BCUT2D eigenvalue weighted by Gasteiger charge is -2.16. The van der Waals surface area contributed by atoms with Gasteiger partial charge in [-0.3, -0.25) is 10.8 Å². The fourth-order valence-corrected chi connectivity index (χ4v) is 6.42. The molecule has 57 heavy (non-hydrogen) atoms. The monoisotopic (exact) mass is 798 g/mol. The van der Waals surface area contributed by atoms with Crippen LogP contribution in [0.3, 0.4) is 0 Å². The standard InChI is InChI=1S/C31H28Cl2N2O2.C16H16N2O2/c1-5-21(18-24(6-2)36-3)30-29(22-13-11-14-25(19-22)37-4)34-31(26-15-8-10-17-28(26)33)35(30)20-23-12-7-9-16-27(23)32;1-19-13-7-3-5-11(9-13)15(17)16(18)12-6-4-8-14(10-12)20-2/h5-19H,2,20H2,1,3-4H3;3-10,17-18H,1-2H3/b21-5+,24-18+;. The Morgan fingerprint density at radius 3 is 1.77 bits per heavy atom. The summed E-state index contributed by atoms with van der Waals surface area (Å²) in [5.41, 5.74) is 6.87. The van der Waals surface area contributed by atoms with Gasteiger partial charge in [0.1, 0.15) is 28.8 Å². The number of rotatable bonds is 14. The fourth-order valence-electron chi connectivity index (χ4n) is 6.00. The summed E-state index contributed by atoms with van der Waals surface area (Å²) in [4.78, 5) is 5.18. The van der Waals surface area contributed by atoms with E-state index in [9.17, 15) is 0 Å². The van der Waals surface area contributed by atoms with Gasteiger partial charge in [-0.15, -0.1) is 0 Å². The average molecular weight is 800 g/mol. The summed E-state index contributed by atoms with van der Waals surface area (Å²) in [5, 5.41) is 17.6. The Kier molecular flexibility index (Phi) is 14.7. The molecule has 5 aromatic carbocycles. The van der Waals surface area contributed by atoms with Gasteiger partial charge in [0.15, 0.2) is 0 Å². The maximum absolute atomic E-state index is 8.15. The van der Waals surface area contributed by atoms with E-state index in [2.05, 4.69) is 11.1 Å². The second-order valence-electron chi connectivity index (χ2n) is 12.4. The summed E-state index contributed by atoms with van der Waals surface area (Å²) in [7, 11) is 6.44. The number of methoxy groups -OCH3 is 4. The zero-order valence-electron chi connectivity index (χ0n) is 32.5. The van der Waals surface area contributed by atoms with Crippen molar-refractivity contribution in [2.75, 3.05) is 28.4 Å². The highest BCUT2D eigenvalue weighted by molar-refractivity contribution is 6.51. The van der Waals surface area contributed by atoms with E-state index in [0.29, 0.717) is 45.0 Å². The summed E-state index contributed by atoms with van der Waals surface area (Å²) >= 11 is 13.3. The van der Waals surface area contributed by atoms with E-state index in [-0.39, 0.29) is 11.4 Å². The van der Waals surface area contributed by atoms with Crippen LogP contribution in [0.5, 0.6) is 17.2 Å². The topological polar surface area (TPSA) is 102 Å². The van der Waals surface area contributed by atoms with Crippen molar-refractivity contribution in [3.63, 3.8) is 0 Å². The fraction of sp³-hybridized carbons (Fsp3) is 0.128. The van der Waals surface area contributed by atoms with E-state index >= 15 is 0 Å². The summed E-state index contributed by atoms with van der Waals surface area (Å²) in [6, 6.07) is 37.7. The maximum Gasteiger partial charge on any atom is 0.142 e. The molecule has 0 aliphatic heterocycles. The van der Waals surface area contributed by atoms with Crippen molar-refractivity contribution in [3.05, 3.63) is 184 Å². The minimum atomic E-state index is 0.150. The van der Waals surface area contributed by atoms with E-state index in [0.717, 1.165) is 45.2 Å². The minimum Gasteiger partial charge on any atom is -0.497 e. The van der Waals surface area contributed by atoms with Crippen LogP contribution < -0.4 is 14.2 Å². The number of imidazole rings is 1. The van der Waals surface area contributed by atoms with Gasteiger partial charge in [0.2, 0.25) is 0 Å². The molecule has 0 fully saturated rings. The van der Waals surface area contributed by atoms with Crippen LogP contribution in [0.25, 0.3) is 28.2 Å². The van der Waals surface area contributed by atoms with Crippen LogP contribution in [0.2, 0.25) is 10.0 Å². The van der Waals surface area contributed by atoms with Crippen molar-refractivity contribution < 1.29 is 18.9 Å². The van der Waals surface area contributed by atoms with Gasteiger partial charge in [-0.05, 0) is 84.8 Å². The van der Waals surface area contributed by atoms with Gasteiger partial charge in [0.05, 0.1) is 62.8 Å². The molecule has 0 aliphatic carbocycles. The molecule has 0 saturated heterocycles. The number of benzene rings is 5. The highest BCUT2D eigenvalue weighted by atomic mass is 35.5. The van der Waals surface area contributed by atoms with E-state index in [1.807, 2.05) is 116 Å². The lowest BCUT2D eigenvalue weighted by molar-refractivity contribution is 0.307. The molecule has 6 rings (SSSR count). The first-order valence-corrected chi connectivity index (χ1v) is 18.7. The molecule has 0 saturated carbocycles. The van der Waals surface area contributed by atoms with Crippen LogP contribution in [-0.4, -0.2) is 49.4 Å². The molecule has 0 unspecified atom stereocenters. The van der Waals surface area contributed by atoms with E-state index < -0.39 is 0 Å². The zero-order valence-corrected chi connectivity index (χ0v) is 34.0. The summed E-state index contributed by atoms with van der Waals surface area (Å²) < 4.78 is 23.5. The number of halogens is 2. The second kappa shape index (κ2) is 20.0.